The monoisotopic (exact) mass is 381 g/mol. The molecule has 3 aromatic rings. The Morgan fingerprint density at radius 3 is 2.56 bits per heavy atom. The lowest BCUT2D eigenvalue weighted by atomic mass is 10.0. The molecular weight excluding hydrogens is 366 g/mol. The number of carbonyl (C=O) groups is 2. The fraction of sp³-hybridized carbons (Fsp3) is 0.150. The van der Waals surface area contributed by atoms with E-state index in [9.17, 15) is 14.7 Å². The van der Waals surface area contributed by atoms with E-state index < -0.39 is 5.97 Å². The molecule has 1 N–H and O–H groups in total. The Kier molecular flexibility index (Phi) is 4.41. The molecule has 0 bridgehead atoms. The van der Waals surface area contributed by atoms with E-state index in [4.69, 9.17) is 11.6 Å². The highest BCUT2D eigenvalue weighted by Gasteiger charge is 2.30. The molecule has 6 nitrogen and oxygen atoms in total. The molecule has 7 heteroatoms. The number of hydrogen-bond donors (Lipinski definition) is 1. The first-order valence-corrected chi connectivity index (χ1v) is 8.86. The number of benzene rings is 2. The molecule has 2 heterocycles. The van der Waals surface area contributed by atoms with Gasteiger partial charge in [0.2, 0.25) is 0 Å². The van der Waals surface area contributed by atoms with Crippen molar-refractivity contribution in [1.82, 2.24) is 14.7 Å². The third-order valence-electron chi connectivity index (χ3n) is 4.62. The zero-order chi connectivity index (χ0) is 19.0. The van der Waals surface area contributed by atoms with Crippen LogP contribution in [0.2, 0.25) is 5.02 Å². The van der Waals surface area contributed by atoms with E-state index in [1.807, 2.05) is 30.3 Å². The van der Waals surface area contributed by atoms with Crippen molar-refractivity contribution in [2.24, 2.45) is 0 Å². The van der Waals surface area contributed by atoms with E-state index in [2.05, 4.69) is 5.10 Å². The molecular formula is C20H16ClN3O3. The van der Waals surface area contributed by atoms with Gasteiger partial charge in [-0.2, -0.15) is 5.10 Å². The first-order valence-electron chi connectivity index (χ1n) is 8.49. The molecule has 0 aliphatic carbocycles. The van der Waals surface area contributed by atoms with Crippen LogP contribution in [0.5, 0.6) is 0 Å². The lowest BCUT2D eigenvalue weighted by Gasteiger charge is -2.28. The second kappa shape index (κ2) is 6.89. The average Bonchev–Trinajstić information content (AvgIpc) is 3.07. The second-order valence-corrected chi connectivity index (χ2v) is 6.75. The number of nitrogens with zero attached hydrogens (tertiary/aromatic N) is 3. The van der Waals surface area contributed by atoms with Crippen LogP contribution in [-0.2, 0) is 13.0 Å². The summed E-state index contributed by atoms with van der Waals surface area (Å²) >= 11 is 5.99. The van der Waals surface area contributed by atoms with Crippen molar-refractivity contribution in [2.75, 3.05) is 6.54 Å². The molecule has 27 heavy (non-hydrogen) atoms. The van der Waals surface area contributed by atoms with Crippen LogP contribution in [0, 0.1) is 0 Å². The quantitative estimate of drug-likeness (QED) is 0.754. The standard InChI is InChI=1S/C20H16ClN3O3/c21-14-6-4-5-13(11-14)19(25)23-10-9-17-16(12-23)18(20(26)27)22-24(17)15-7-2-1-3-8-15/h1-8,11H,9-10,12H2,(H,26,27). The normalized spacial score (nSPS) is 13.3. The topological polar surface area (TPSA) is 75.4 Å². The molecule has 136 valence electrons. The molecule has 0 saturated carbocycles. The van der Waals surface area contributed by atoms with Crippen molar-refractivity contribution in [2.45, 2.75) is 13.0 Å². The third kappa shape index (κ3) is 3.19. The van der Waals surface area contributed by atoms with Gasteiger partial charge in [-0.3, -0.25) is 4.79 Å². The minimum atomic E-state index is -1.10. The highest BCUT2D eigenvalue weighted by atomic mass is 35.5. The van der Waals surface area contributed by atoms with Gasteiger partial charge in [0, 0.05) is 29.1 Å². The van der Waals surface area contributed by atoms with Crippen molar-refractivity contribution in [3.63, 3.8) is 0 Å². The molecule has 1 aliphatic heterocycles. The minimum absolute atomic E-state index is 0.0163. The number of fused-ring (bicyclic) bond motifs is 1. The van der Waals surface area contributed by atoms with E-state index in [0.717, 1.165) is 11.4 Å². The zero-order valence-electron chi connectivity index (χ0n) is 14.3. The summed E-state index contributed by atoms with van der Waals surface area (Å²) < 4.78 is 1.67. The molecule has 0 fully saturated rings. The number of hydrogen-bond acceptors (Lipinski definition) is 3. The Bertz CT molecular complexity index is 1030. The lowest BCUT2D eigenvalue weighted by molar-refractivity contribution is 0.0674. The Morgan fingerprint density at radius 2 is 1.85 bits per heavy atom. The number of aromatic nitrogens is 2. The summed E-state index contributed by atoms with van der Waals surface area (Å²) in [6.07, 6.45) is 0.525. The third-order valence-corrected chi connectivity index (χ3v) is 4.85. The highest BCUT2D eigenvalue weighted by molar-refractivity contribution is 6.30. The van der Waals surface area contributed by atoms with Crippen LogP contribution in [0.4, 0.5) is 0 Å². The van der Waals surface area contributed by atoms with Gasteiger partial charge in [-0.05, 0) is 30.3 Å². The van der Waals surface area contributed by atoms with E-state index in [1.165, 1.54) is 0 Å². The van der Waals surface area contributed by atoms with Gasteiger partial charge in [0.05, 0.1) is 17.9 Å². The summed E-state index contributed by atoms with van der Waals surface area (Å²) in [6.45, 7) is 0.686. The summed E-state index contributed by atoms with van der Waals surface area (Å²) in [7, 11) is 0. The Morgan fingerprint density at radius 1 is 1.07 bits per heavy atom. The van der Waals surface area contributed by atoms with E-state index in [1.54, 1.807) is 33.8 Å². The summed E-state index contributed by atoms with van der Waals surface area (Å²) in [5, 5.41) is 14.4. The number of aromatic carboxylic acids is 1. The molecule has 1 aromatic heterocycles. The van der Waals surface area contributed by atoms with Gasteiger partial charge < -0.3 is 10.0 Å². The first-order chi connectivity index (χ1) is 13.0. The van der Waals surface area contributed by atoms with Crippen LogP contribution in [0.15, 0.2) is 54.6 Å². The van der Waals surface area contributed by atoms with Gasteiger partial charge in [0.25, 0.3) is 5.91 Å². The Hall–Kier alpha value is -3.12. The van der Waals surface area contributed by atoms with Gasteiger partial charge in [0.1, 0.15) is 0 Å². The maximum absolute atomic E-state index is 12.8. The van der Waals surface area contributed by atoms with Gasteiger partial charge in [-0.25, -0.2) is 9.48 Å². The van der Waals surface area contributed by atoms with Crippen molar-refractivity contribution >= 4 is 23.5 Å². The van der Waals surface area contributed by atoms with E-state index >= 15 is 0 Å². The van der Waals surface area contributed by atoms with Gasteiger partial charge in [0.15, 0.2) is 5.69 Å². The average molecular weight is 382 g/mol. The molecule has 0 unspecified atom stereocenters. The van der Waals surface area contributed by atoms with Crippen LogP contribution in [0.1, 0.15) is 32.1 Å². The number of carboxylic acids is 1. The van der Waals surface area contributed by atoms with E-state index in [-0.39, 0.29) is 18.1 Å². The lowest BCUT2D eigenvalue weighted by Crippen LogP contribution is -2.36. The number of rotatable bonds is 3. The maximum Gasteiger partial charge on any atom is 0.356 e. The molecule has 1 aliphatic rings. The molecule has 0 radical (unpaired) electrons. The summed E-state index contributed by atoms with van der Waals surface area (Å²) in [4.78, 5) is 26.2. The summed E-state index contributed by atoms with van der Waals surface area (Å²) in [5.74, 6) is -1.27. The predicted octanol–water partition coefficient (Wildman–Crippen LogP) is 3.42. The van der Waals surface area contributed by atoms with Crippen LogP contribution in [0.3, 0.4) is 0 Å². The smallest absolute Gasteiger partial charge is 0.356 e. The number of carbonyl (C=O) groups excluding carboxylic acids is 1. The van der Waals surface area contributed by atoms with Crippen LogP contribution >= 0.6 is 11.6 Å². The SMILES string of the molecule is O=C(O)c1nn(-c2ccccc2)c2c1CN(C(=O)c1cccc(Cl)c1)CC2. The fourth-order valence-corrected chi connectivity index (χ4v) is 3.54. The molecule has 1 amide bonds. The number of halogens is 1. The van der Waals surface area contributed by atoms with Crippen LogP contribution in [-0.4, -0.2) is 38.2 Å². The molecule has 4 rings (SSSR count). The highest BCUT2D eigenvalue weighted by Crippen LogP contribution is 2.27. The summed E-state index contributed by atoms with van der Waals surface area (Å²) in [5.41, 5.74) is 2.67. The second-order valence-electron chi connectivity index (χ2n) is 6.31. The van der Waals surface area contributed by atoms with Crippen molar-refractivity contribution in [3.8, 4) is 5.69 Å². The Labute approximate surface area is 160 Å². The summed E-state index contributed by atoms with van der Waals surface area (Å²) in [6, 6.07) is 16.2. The fourth-order valence-electron chi connectivity index (χ4n) is 3.35. The van der Waals surface area contributed by atoms with Crippen molar-refractivity contribution in [3.05, 3.63) is 82.1 Å². The van der Waals surface area contributed by atoms with Crippen molar-refractivity contribution in [1.29, 1.82) is 0 Å². The van der Waals surface area contributed by atoms with Gasteiger partial charge in [-0.1, -0.05) is 35.9 Å². The zero-order valence-corrected chi connectivity index (χ0v) is 15.1. The van der Waals surface area contributed by atoms with Gasteiger partial charge in [-0.15, -0.1) is 0 Å². The minimum Gasteiger partial charge on any atom is -0.476 e. The molecule has 0 spiro atoms. The first kappa shape index (κ1) is 17.3. The molecule has 0 atom stereocenters. The van der Waals surface area contributed by atoms with Crippen LogP contribution < -0.4 is 0 Å². The molecule has 2 aromatic carbocycles. The largest absolute Gasteiger partial charge is 0.476 e. The van der Waals surface area contributed by atoms with Crippen molar-refractivity contribution < 1.29 is 14.7 Å². The van der Waals surface area contributed by atoms with Crippen LogP contribution in [0.25, 0.3) is 5.69 Å². The Balaban J connectivity index is 1.71. The number of para-hydroxylation sites is 1. The molecule has 0 saturated heterocycles. The predicted molar refractivity (Wildman–Crippen MR) is 100 cm³/mol. The maximum atomic E-state index is 12.8. The van der Waals surface area contributed by atoms with Gasteiger partial charge >= 0.3 is 5.97 Å². The number of amides is 1. The van der Waals surface area contributed by atoms with E-state index in [0.29, 0.717) is 29.1 Å². The number of carboxylic acid groups (broad SMARTS) is 1.